The maximum absolute atomic E-state index is 12.3. The number of aromatic nitrogens is 2. The van der Waals surface area contributed by atoms with Crippen LogP contribution in [0, 0.1) is 6.92 Å². The number of hydrogen-bond donors (Lipinski definition) is 1. The zero-order valence-corrected chi connectivity index (χ0v) is 11.3. The molecule has 1 heterocycles. The van der Waals surface area contributed by atoms with Crippen molar-refractivity contribution in [2.75, 3.05) is 0 Å². The number of rotatable bonds is 2. The molecule has 2 rings (SSSR count). The molecule has 0 amide bonds. The Morgan fingerprint density at radius 2 is 1.78 bits per heavy atom. The summed E-state index contributed by atoms with van der Waals surface area (Å²) < 4.78 is 1.26. The molecule has 0 unspecified atom stereocenters. The van der Waals surface area contributed by atoms with Crippen molar-refractivity contribution in [2.45, 2.75) is 6.92 Å². The van der Waals surface area contributed by atoms with Crippen molar-refractivity contribution >= 4 is 29.0 Å². The fraction of sp³-hybridized carbons (Fsp3) is 0.167. The lowest BCUT2D eigenvalue weighted by atomic mass is 10.0. The van der Waals surface area contributed by atoms with E-state index in [2.05, 4.69) is 5.10 Å². The second-order valence-electron chi connectivity index (χ2n) is 3.96. The maximum atomic E-state index is 12.3. The molecule has 0 fully saturated rings. The zero-order chi connectivity index (χ0) is 13.4. The third kappa shape index (κ3) is 2.21. The van der Waals surface area contributed by atoms with Gasteiger partial charge in [-0.3, -0.25) is 19.4 Å². The Bertz CT molecular complexity index is 666. The Morgan fingerprint density at radius 1 is 1.22 bits per heavy atom. The predicted molar refractivity (Wildman–Crippen MR) is 70.7 cm³/mol. The summed E-state index contributed by atoms with van der Waals surface area (Å²) >= 11 is 11.7. The molecule has 0 bridgehead atoms. The van der Waals surface area contributed by atoms with Crippen LogP contribution in [0.15, 0.2) is 23.0 Å². The number of hydrogen-bond acceptors (Lipinski definition) is 2. The monoisotopic (exact) mass is 284 g/mol. The molecule has 1 aromatic heterocycles. The molecular formula is C12H10Cl2N2O2. The molecule has 0 aliphatic rings. The largest absolute Gasteiger partial charge is 0.299 e. The first kappa shape index (κ1) is 12.9. The maximum Gasteiger partial charge on any atom is 0.277 e. The van der Waals surface area contributed by atoms with Crippen LogP contribution in [0.5, 0.6) is 0 Å². The van der Waals surface area contributed by atoms with E-state index in [4.69, 9.17) is 23.2 Å². The molecule has 0 spiro atoms. The molecule has 0 atom stereocenters. The number of nitrogens with zero attached hydrogens (tertiary/aromatic N) is 1. The van der Waals surface area contributed by atoms with E-state index >= 15 is 0 Å². The second-order valence-corrected chi connectivity index (χ2v) is 4.84. The van der Waals surface area contributed by atoms with Crippen molar-refractivity contribution < 1.29 is 4.79 Å². The highest BCUT2D eigenvalue weighted by atomic mass is 35.5. The van der Waals surface area contributed by atoms with Gasteiger partial charge < -0.3 is 0 Å². The predicted octanol–water partition coefficient (Wildman–Crippen LogP) is 2.56. The number of benzene rings is 1. The lowest BCUT2D eigenvalue weighted by Crippen LogP contribution is -2.19. The number of nitrogens with one attached hydrogen (secondary N) is 1. The Labute approximate surface area is 113 Å². The van der Waals surface area contributed by atoms with Gasteiger partial charge in [0, 0.05) is 28.4 Å². The number of ketones is 1. The highest BCUT2D eigenvalue weighted by Gasteiger charge is 2.19. The van der Waals surface area contributed by atoms with Gasteiger partial charge in [0.05, 0.1) is 0 Å². The van der Waals surface area contributed by atoms with Crippen LogP contribution >= 0.6 is 23.2 Å². The molecular weight excluding hydrogens is 275 g/mol. The summed E-state index contributed by atoms with van der Waals surface area (Å²) in [7, 11) is 1.55. The van der Waals surface area contributed by atoms with Gasteiger partial charge in [0.25, 0.3) is 5.56 Å². The van der Waals surface area contributed by atoms with E-state index in [9.17, 15) is 9.59 Å². The molecule has 0 aliphatic heterocycles. The minimum absolute atomic E-state index is 0.107. The van der Waals surface area contributed by atoms with Crippen molar-refractivity contribution in [3.8, 4) is 0 Å². The Morgan fingerprint density at radius 3 is 2.22 bits per heavy atom. The summed E-state index contributed by atoms with van der Waals surface area (Å²) in [4.78, 5) is 24.1. The molecule has 0 aliphatic carbocycles. The summed E-state index contributed by atoms with van der Waals surface area (Å²) in [5.41, 5.74) is 0.556. The quantitative estimate of drug-likeness (QED) is 0.862. The molecule has 2 aromatic rings. The molecule has 0 saturated heterocycles. The van der Waals surface area contributed by atoms with E-state index in [1.807, 2.05) is 0 Å². The number of H-pyrrole nitrogens is 1. The van der Waals surface area contributed by atoms with Crippen molar-refractivity contribution in [2.24, 2.45) is 7.05 Å². The Kier molecular flexibility index (Phi) is 3.32. The van der Waals surface area contributed by atoms with Crippen LogP contribution in [0.4, 0.5) is 0 Å². The zero-order valence-electron chi connectivity index (χ0n) is 9.75. The smallest absolute Gasteiger partial charge is 0.277 e. The molecule has 0 radical (unpaired) electrons. The van der Waals surface area contributed by atoms with Gasteiger partial charge >= 0.3 is 0 Å². The van der Waals surface area contributed by atoms with E-state index in [0.717, 1.165) is 0 Å². The summed E-state index contributed by atoms with van der Waals surface area (Å²) in [6.07, 6.45) is 0. The molecule has 0 saturated carbocycles. The standard InChI is InChI=1S/C12H10Cl2N2O2/c1-6-10(12(18)16(2)15-6)11(17)7-3-8(13)5-9(14)4-7/h3-5,15H,1-2H3. The van der Waals surface area contributed by atoms with E-state index < -0.39 is 5.78 Å². The molecule has 1 aromatic carbocycles. The van der Waals surface area contributed by atoms with Crippen molar-refractivity contribution in [3.63, 3.8) is 0 Å². The Hall–Kier alpha value is -1.52. The van der Waals surface area contributed by atoms with Gasteiger partial charge in [-0.2, -0.15) is 0 Å². The normalized spacial score (nSPS) is 10.7. The summed E-state index contributed by atoms with van der Waals surface area (Å²) in [6, 6.07) is 4.51. The second kappa shape index (κ2) is 4.63. The fourth-order valence-corrected chi connectivity index (χ4v) is 2.31. The molecule has 6 heteroatoms. The third-order valence-corrected chi connectivity index (χ3v) is 3.02. The SMILES string of the molecule is Cc1[nH]n(C)c(=O)c1C(=O)c1cc(Cl)cc(Cl)c1. The van der Waals surface area contributed by atoms with Crippen molar-refractivity contribution in [3.05, 3.63) is 55.4 Å². The topological polar surface area (TPSA) is 54.9 Å². The van der Waals surface area contributed by atoms with Crippen LogP contribution in [-0.2, 0) is 7.05 Å². The number of aryl methyl sites for hydroxylation is 2. The first-order valence-corrected chi connectivity index (χ1v) is 5.92. The minimum Gasteiger partial charge on any atom is -0.299 e. The average molecular weight is 285 g/mol. The van der Waals surface area contributed by atoms with Crippen LogP contribution in [-0.4, -0.2) is 15.6 Å². The molecule has 18 heavy (non-hydrogen) atoms. The Balaban J connectivity index is 2.58. The van der Waals surface area contributed by atoms with Gasteiger partial charge in [-0.1, -0.05) is 23.2 Å². The van der Waals surface area contributed by atoms with Gasteiger partial charge in [0.15, 0.2) is 0 Å². The van der Waals surface area contributed by atoms with Gasteiger partial charge in [-0.15, -0.1) is 0 Å². The highest BCUT2D eigenvalue weighted by Crippen LogP contribution is 2.21. The van der Waals surface area contributed by atoms with E-state index in [1.54, 1.807) is 14.0 Å². The molecule has 4 nitrogen and oxygen atoms in total. The number of aromatic amines is 1. The van der Waals surface area contributed by atoms with Crippen LogP contribution in [0.3, 0.4) is 0 Å². The van der Waals surface area contributed by atoms with E-state index in [0.29, 0.717) is 21.3 Å². The average Bonchev–Trinajstić information content (AvgIpc) is 2.51. The molecule has 1 N–H and O–H groups in total. The highest BCUT2D eigenvalue weighted by molar-refractivity contribution is 6.35. The van der Waals surface area contributed by atoms with E-state index in [-0.39, 0.29) is 11.1 Å². The third-order valence-electron chi connectivity index (χ3n) is 2.58. The lowest BCUT2D eigenvalue weighted by Gasteiger charge is -2.01. The van der Waals surface area contributed by atoms with Gasteiger partial charge in [-0.05, 0) is 25.1 Å². The first-order chi connectivity index (χ1) is 8.40. The summed E-state index contributed by atoms with van der Waals surface area (Å²) in [6.45, 7) is 1.67. The van der Waals surface area contributed by atoms with Crippen molar-refractivity contribution in [1.82, 2.24) is 9.78 Å². The number of carbonyl (C=O) groups excluding carboxylic acids is 1. The fourth-order valence-electron chi connectivity index (χ4n) is 1.78. The van der Waals surface area contributed by atoms with Crippen molar-refractivity contribution in [1.29, 1.82) is 0 Å². The van der Waals surface area contributed by atoms with Gasteiger partial charge in [-0.25, -0.2) is 0 Å². The number of carbonyl (C=O) groups is 1. The molecule has 94 valence electrons. The summed E-state index contributed by atoms with van der Waals surface area (Å²) in [5.74, 6) is -0.390. The minimum atomic E-state index is -0.390. The van der Waals surface area contributed by atoms with Gasteiger partial charge in [0.2, 0.25) is 5.78 Å². The van der Waals surface area contributed by atoms with E-state index in [1.165, 1.54) is 22.9 Å². The summed E-state index contributed by atoms with van der Waals surface area (Å²) in [5, 5.41) is 3.49. The number of halogens is 2. The van der Waals surface area contributed by atoms with Crippen LogP contribution in [0.25, 0.3) is 0 Å². The first-order valence-electron chi connectivity index (χ1n) is 5.16. The van der Waals surface area contributed by atoms with Crippen LogP contribution in [0.1, 0.15) is 21.6 Å². The van der Waals surface area contributed by atoms with Crippen LogP contribution in [0.2, 0.25) is 10.0 Å². The lowest BCUT2D eigenvalue weighted by molar-refractivity contribution is 0.103. The van der Waals surface area contributed by atoms with Crippen LogP contribution < -0.4 is 5.56 Å². The van der Waals surface area contributed by atoms with Gasteiger partial charge in [0.1, 0.15) is 5.56 Å².